The lowest BCUT2D eigenvalue weighted by atomic mass is 10.2. The number of hydrogen-bond donors (Lipinski definition) is 1. The Bertz CT molecular complexity index is 695. The molecule has 0 spiro atoms. The van der Waals surface area contributed by atoms with Crippen molar-refractivity contribution < 1.29 is 12.9 Å². The van der Waals surface area contributed by atoms with Gasteiger partial charge in [0.25, 0.3) is 0 Å². The second-order valence-electron chi connectivity index (χ2n) is 4.19. The van der Waals surface area contributed by atoms with E-state index in [0.29, 0.717) is 15.9 Å². The van der Waals surface area contributed by atoms with Gasteiger partial charge in [0.2, 0.25) is 10.0 Å². The summed E-state index contributed by atoms with van der Waals surface area (Å²) < 4.78 is 32.2. The van der Waals surface area contributed by atoms with Crippen molar-refractivity contribution in [1.82, 2.24) is 9.88 Å². The molecule has 0 aliphatic rings. The van der Waals surface area contributed by atoms with Gasteiger partial charge < -0.3 is 4.52 Å². The molecular weight excluding hydrogens is 332 g/mol. The van der Waals surface area contributed by atoms with Crippen LogP contribution < -0.4 is 4.72 Å². The van der Waals surface area contributed by atoms with Crippen molar-refractivity contribution in [3.8, 4) is 0 Å². The third-order valence-electron chi connectivity index (χ3n) is 2.50. The lowest BCUT2D eigenvalue weighted by molar-refractivity contribution is 0.390. The standard InChI is InChI=1S/C12H13BrN2O3S/c1-8-3-4-12(11(13)5-8)19(16,17)14-7-10-6-9(2)18-15-10/h3-6,14H,7H2,1-2H3. The molecule has 1 aromatic carbocycles. The number of sulfonamides is 1. The molecule has 0 aliphatic heterocycles. The van der Waals surface area contributed by atoms with E-state index in [4.69, 9.17) is 4.52 Å². The third-order valence-corrected chi connectivity index (χ3v) is 4.87. The van der Waals surface area contributed by atoms with E-state index < -0.39 is 10.0 Å². The second-order valence-corrected chi connectivity index (χ2v) is 6.78. The van der Waals surface area contributed by atoms with Gasteiger partial charge in [-0.15, -0.1) is 0 Å². The Hall–Kier alpha value is -1.18. The molecule has 0 saturated heterocycles. The second kappa shape index (κ2) is 5.44. The van der Waals surface area contributed by atoms with Crippen LogP contribution in [0.2, 0.25) is 0 Å². The minimum atomic E-state index is -3.58. The van der Waals surface area contributed by atoms with E-state index in [-0.39, 0.29) is 11.4 Å². The molecule has 0 atom stereocenters. The van der Waals surface area contributed by atoms with Crippen molar-refractivity contribution in [1.29, 1.82) is 0 Å². The highest BCUT2D eigenvalue weighted by Crippen LogP contribution is 2.23. The molecule has 2 rings (SSSR count). The maximum Gasteiger partial charge on any atom is 0.242 e. The quantitative estimate of drug-likeness (QED) is 0.924. The number of hydrogen-bond acceptors (Lipinski definition) is 4. The molecule has 19 heavy (non-hydrogen) atoms. The molecule has 0 fully saturated rings. The number of rotatable bonds is 4. The summed E-state index contributed by atoms with van der Waals surface area (Å²) in [5.41, 5.74) is 1.53. The van der Waals surface area contributed by atoms with Gasteiger partial charge in [-0.2, -0.15) is 0 Å². The van der Waals surface area contributed by atoms with Gasteiger partial charge >= 0.3 is 0 Å². The lowest BCUT2D eigenvalue weighted by Crippen LogP contribution is -2.23. The molecule has 5 nitrogen and oxygen atoms in total. The normalized spacial score (nSPS) is 11.7. The zero-order valence-electron chi connectivity index (χ0n) is 10.5. The predicted molar refractivity (Wildman–Crippen MR) is 74.1 cm³/mol. The average molecular weight is 345 g/mol. The zero-order chi connectivity index (χ0) is 14.0. The van der Waals surface area contributed by atoms with Crippen molar-refractivity contribution in [2.45, 2.75) is 25.3 Å². The Balaban J connectivity index is 2.18. The van der Waals surface area contributed by atoms with Crippen molar-refractivity contribution in [2.24, 2.45) is 0 Å². The first-order valence-corrected chi connectivity index (χ1v) is 7.84. The third kappa shape index (κ3) is 3.43. The fourth-order valence-corrected chi connectivity index (χ4v) is 3.76. The van der Waals surface area contributed by atoms with Gasteiger partial charge in [-0.05, 0) is 47.5 Å². The van der Waals surface area contributed by atoms with Crippen LogP contribution in [-0.4, -0.2) is 13.6 Å². The zero-order valence-corrected chi connectivity index (χ0v) is 12.9. The molecule has 0 unspecified atom stereocenters. The minimum Gasteiger partial charge on any atom is -0.361 e. The first kappa shape index (κ1) is 14.2. The van der Waals surface area contributed by atoms with Crippen LogP contribution in [-0.2, 0) is 16.6 Å². The summed E-state index contributed by atoms with van der Waals surface area (Å²) in [5.74, 6) is 0.644. The predicted octanol–water partition coefficient (Wildman–Crippen LogP) is 2.53. The first-order valence-electron chi connectivity index (χ1n) is 5.56. The molecule has 1 N–H and O–H groups in total. The summed E-state index contributed by atoms with van der Waals surface area (Å²) in [7, 11) is -3.58. The monoisotopic (exact) mass is 344 g/mol. The van der Waals surface area contributed by atoms with Crippen LogP contribution in [0.1, 0.15) is 17.0 Å². The number of aromatic nitrogens is 1. The fourth-order valence-electron chi connectivity index (χ4n) is 1.57. The van der Waals surface area contributed by atoms with Gasteiger partial charge in [-0.1, -0.05) is 11.2 Å². The van der Waals surface area contributed by atoms with E-state index in [1.807, 2.05) is 6.92 Å². The van der Waals surface area contributed by atoms with Crippen molar-refractivity contribution in [3.05, 3.63) is 45.8 Å². The Kier molecular flexibility index (Phi) is 4.07. The summed E-state index contributed by atoms with van der Waals surface area (Å²) in [5, 5.41) is 3.74. The topological polar surface area (TPSA) is 72.2 Å². The molecule has 1 aromatic heterocycles. The van der Waals surface area contributed by atoms with Crippen LogP contribution in [0.15, 0.2) is 38.2 Å². The first-order chi connectivity index (χ1) is 8.88. The number of benzene rings is 1. The van der Waals surface area contributed by atoms with Gasteiger partial charge in [-0.3, -0.25) is 0 Å². The van der Waals surface area contributed by atoms with Gasteiger partial charge in [0.1, 0.15) is 5.76 Å². The minimum absolute atomic E-state index is 0.0972. The lowest BCUT2D eigenvalue weighted by Gasteiger charge is -2.07. The number of nitrogens with zero attached hydrogens (tertiary/aromatic N) is 1. The maximum absolute atomic E-state index is 12.1. The highest BCUT2D eigenvalue weighted by atomic mass is 79.9. The van der Waals surface area contributed by atoms with E-state index in [0.717, 1.165) is 5.56 Å². The van der Waals surface area contributed by atoms with Crippen molar-refractivity contribution in [2.75, 3.05) is 0 Å². The molecule has 2 aromatic rings. The van der Waals surface area contributed by atoms with Crippen LogP contribution in [0.25, 0.3) is 0 Å². The summed E-state index contributed by atoms with van der Waals surface area (Å²) in [6.07, 6.45) is 0. The van der Waals surface area contributed by atoms with Crippen molar-refractivity contribution in [3.63, 3.8) is 0 Å². The Morgan fingerprint density at radius 1 is 1.32 bits per heavy atom. The van der Waals surface area contributed by atoms with Crippen LogP contribution in [0.5, 0.6) is 0 Å². The van der Waals surface area contributed by atoms with Gasteiger partial charge in [0.15, 0.2) is 0 Å². The van der Waals surface area contributed by atoms with E-state index in [2.05, 4.69) is 25.8 Å². The Morgan fingerprint density at radius 2 is 2.05 bits per heavy atom. The smallest absolute Gasteiger partial charge is 0.242 e. The molecule has 1 heterocycles. The summed E-state index contributed by atoms with van der Waals surface area (Å²) >= 11 is 3.26. The molecule has 0 amide bonds. The highest BCUT2D eigenvalue weighted by Gasteiger charge is 2.17. The molecule has 0 bridgehead atoms. The fraction of sp³-hybridized carbons (Fsp3) is 0.250. The average Bonchev–Trinajstić information content (AvgIpc) is 2.72. The number of aryl methyl sites for hydroxylation is 2. The van der Waals surface area contributed by atoms with Gasteiger partial charge in [-0.25, -0.2) is 13.1 Å². The largest absolute Gasteiger partial charge is 0.361 e. The summed E-state index contributed by atoms with van der Waals surface area (Å²) in [4.78, 5) is 0.207. The van der Waals surface area contributed by atoms with E-state index >= 15 is 0 Å². The molecule has 0 aliphatic carbocycles. The highest BCUT2D eigenvalue weighted by molar-refractivity contribution is 9.10. The number of halogens is 1. The maximum atomic E-state index is 12.1. The SMILES string of the molecule is Cc1ccc(S(=O)(=O)NCc2cc(C)on2)c(Br)c1. The Labute approximate surface area is 120 Å². The summed E-state index contributed by atoms with van der Waals surface area (Å²) in [6.45, 7) is 3.74. The van der Waals surface area contributed by atoms with Gasteiger partial charge in [0.05, 0.1) is 17.1 Å². The van der Waals surface area contributed by atoms with Crippen LogP contribution >= 0.6 is 15.9 Å². The van der Waals surface area contributed by atoms with E-state index in [1.54, 1.807) is 31.2 Å². The summed E-state index contributed by atoms with van der Waals surface area (Å²) in [6, 6.07) is 6.76. The number of nitrogens with one attached hydrogen (secondary N) is 1. The van der Waals surface area contributed by atoms with Crippen LogP contribution in [0.4, 0.5) is 0 Å². The van der Waals surface area contributed by atoms with E-state index in [1.165, 1.54) is 0 Å². The van der Waals surface area contributed by atoms with Crippen LogP contribution in [0.3, 0.4) is 0 Å². The van der Waals surface area contributed by atoms with E-state index in [9.17, 15) is 8.42 Å². The molecule has 0 saturated carbocycles. The Morgan fingerprint density at radius 3 is 2.63 bits per heavy atom. The van der Waals surface area contributed by atoms with Crippen LogP contribution in [0, 0.1) is 13.8 Å². The van der Waals surface area contributed by atoms with Gasteiger partial charge in [0, 0.05) is 10.5 Å². The molecule has 102 valence electrons. The van der Waals surface area contributed by atoms with Crippen molar-refractivity contribution >= 4 is 26.0 Å². The molecule has 0 radical (unpaired) electrons. The molecule has 7 heteroatoms. The molecular formula is C12H13BrN2O3S.